The zero-order valence-electron chi connectivity index (χ0n) is 13.6. The number of hydrogen-bond acceptors (Lipinski definition) is 3. The van der Waals surface area contributed by atoms with Gasteiger partial charge in [-0.1, -0.05) is 48.5 Å². The average molecular weight is 304 g/mol. The lowest BCUT2D eigenvalue weighted by atomic mass is 10.1. The molecule has 4 heteroatoms. The Labute approximate surface area is 136 Å². The van der Waals surface area contributed by atoms with Gasteiger partial charge in [0.1, 0.15) is 6.17 Å². The number of benzene rings is 2. The third-order valence-corrected chi connectivity index (χ3v) is 4.54. The van der Waals surface area contributed by atoms with Crippen LogP contribution in [0.1, 0.15) is 12.6 Å². The van der Waals surface area contributed by atoms with Crippen molar-refractivity contribution in [2.45, 2.75) is 20.0 Å². The van der Waals surface area contributed by atoms with Gasteiger partial charge in [0.2, 0.25) is 5.95 Å². The molecule has 0 spiro atoms. The molecule has 2 heterocycles. The second-order valence-electron chi connectivity index (χ2n) is 5.93. The van der Waals surface area contributed by atoms with E-state index in [4.69, 9.17) is 4.98 Å². The van der Waals surface area contributed by atoms with Crippen molar-refractivity contribution in [3.8, 4) is 11.3 Å². The first-order valence-electron chi connectivity index (χ1n) is 7.90. The third-order valence-electron chi connectivity index (χ3n) is 4.54. The number of aromatic nitrogens is 2. The fourth-order valence-corrected chi connectivity index (χ4v) is 3.31. The summed E-state index contributed by atoms with van der Waals surface area (Å²) < 4.78 is 2.22. The number of para-hydroxylation sites is 1. The lowest BCUT2D eigenvalue weighted by Gasteiger charge is -2.26. The second kappa shape index (κ2) is 5.16. The summed E-state index contributed by atoms with van der Waals surface area (Å²) in [4.78, 5) is 7.15. The fraction of sp³-hybridized carbons (Fsp3) is 0.211. The van der Waals surface area contributed by atoms with Crippen molar-refractivity contribution in [1.82, 2.24) is 9.66 Å². The molecule has 0 N–H and O–H groups in total. The van der Waals surface area contributed by atoms with Crippen molar-refractivity contribution >= 4 is 11.6 Å². The number of fused-ring (bicyclic) bond motifs is 1. The zero-order valence-corrected chi connectivity index (χ0v) is 13.6. The first-order valence-corrected chi connectivity index (χ1v) is 7.90. The van der Waals surface area contributed by atoms with Gasteiger partial charge in [0.25, 0.3) is 0 Å². The highest BCUT2D eigenvalue weighted by Crippen LogP contribution is 2.38. The van der Waals surface area contributed by atoms with E-state index in [9.17, 15) is 0 Å². The first kappa shape index (κ1) is 13.9. The predicted octanol–water partition coefficient (Wildman–Crippen LogP) is 3.92. The van der Waals surface area contributed by atoms with Gasteiger partial charge in [0.05, 0.1) is 11.4 Å². The Morgan fingerprint density at radius 3 is 2.17 bits per heavy atom. The normalized spacial score (nSPS) is 16.7. The van der Waals surface area contributed by atoms with Crippen molar-refractivity contribution in [2.75, 3.05) is 17.0 Å². The van der Waals surface area contributed by atoms with E-state index in [1.54, 1.807) is 0 Å². The zero-order chi connectivity index (χ0) is 16.0. The van der Waals surface area contributed by atoms with Crippen LogP contribution in [0.2, 0.25) is 0 Å². The molecule has 0 aliphatic carbocycles. The molecular formula is C19H20N4. The molecule has 0 saturated carbocycles. The molecule has 1 aromatic heterocycles. The fourth-order valence-electron chi connectivity index (χ4n) is 3.31. The summed E-state index contributed by atoms with van der Waals surface area (Å²) in [6.07, 6.45) is 0.211. The molecule has 0 radical (unpaired) electrons. The van der Waals surface area contributed by atoms with Crippen LogP contribution in [0.4, 0.5) is 11.6 Å². The van der Waals surface area contributed by atoms with Crippen LogP contribution in [0.15, 0.2) is 60.7 Å². The summed E-state index contributed by atoms with van der Waals surface area (Å²) in [5, 5.41) is 2.24. The molecule has 1 aliphatic rings. The van der Waals surface area contributed by atoms with Gasteiger partial charge in [-0.3, -0.25) is 9.91 Å². The maximum Gasteiger partial charge on any atom is 0.231 e. The molecule has 0 amide bonds. The molecule has 0 bridgehead atoms. The highest BCUT2D eigenvalue weighted by molar-refractivity contribution is 5.71. The molecule has 1 aliphatic heterocycles. The predicted molar refractivity (Wildman–Crippen MR) is 94.6 cm³/mol. The van der Waals surface area contributed by atoms with Crippen LogP contribution in [-0.2, 0) is 0 Å². The molecule has 3 aromatic rings. The van der Waals surface area contributed by atoms with E-state index in [0.717, 1.165) is 23.0 Å². The minimum atomic E-state index is 0.211. The van der Waals surface area contributed by atoms with E-state index in [2.05, 4.69) is 84.0 Å². The van der Waals surface area contributed by atoms with Crippen molar-refractivity contribution in [3.63, 3.8) is 0 Å². The molecule has 0 saturated heterocycles. The number of anilines is 2. The third kappa shape index (κ3) is 2.02. The monoisotopic (exact) mass is 304 g/mol. The summed E-state index contributed by atoms with van der Waals surface area (Å²) in [6, 6.07) is 20.9. The number of aryl methyl sites for hydroxylation is 1. The highest BCUT2D eigenvalue weighted by atomic mass is 15.7. The van der Waals surface area contributed by atoms with Crippen LogP contribution in [-0.4, -0.2) is 22.9 Å². The van der Waals surface area contributed by atoms with Crippen molar-refractivity contribution in [3.05, 3.63) is 66.4 Å². The molecule has 23 heavy (non-hydrogen) atoms. The Kier molecular flexibility index (Phi) is 3.11. The minimum absolute atomic E-state index is 0.211. The average Bonchev–Trinajstić information content (AvgIpc) is 3.03. The molecule has 1 atom stereocenters. The Morgan fingerprint density at radius 2 is 1.52 bits per heavy atom. The Morgan fingerprint density at radius 1 is 0.913 bits per heavy atom. The summed E-state index contributed by atoms with van der Waals surface area (Å²) in [5.41, 5.74) is 4.56. The lowest BCUT2D eigenvalue weighted by molar-refractivity contribution is 0.624. The largest absolute Gasteiger partial charge is 0.290 e. The van der Waals surface area contributed by atoms with Crippen LogP contribution >= 0.6 is 0 Å². The lowest BCUT2D eigenvalue weighted by Crippen LogP contribution is -2.39. The van der Waals surface area contributed by atoms with Gasteiger partial charge < -0.3 is 0 Å². The molecule has 4 nitrogen and oxygen atoms in total. The molecule has 116 valence electrons. The van der Waals surface area contributed by atoms with Gasteiger partial charge in [0, 0.05) is 18.3 Å². The second-order valence-corrected chi connectivity index (χ2v) is 5.93. The van der Waals surface area contributed by atoms with Gasteiger partial charge in [-0.15, -0.1) is 0 Å². The van der Waals surface area contributed by atoms with Crippen LogP contribution in [0.5, 0.6) is 0 Å². The van der Waals surface area contributed by atoms with E-state index in [1.165, 1.54) is 5.56 Å². The Balaban J connectivity index is 1.91. The number of nitrogens with zero attached hydrogens (tertiary/aromatic N) is 4. The SMILES string of the molecule is Cc1nc2n(c1-c1ccccc1)N(C)C(C)N2c1ccccc1. The van der Waals surface area contributed by atoms with Crippen LogP contribution in [0.25, 0.3) is 11.3 Å². The first-order chi connectivity index (χ1) is 11.2. The van der Waals surface area contributed by atoms with Crippen LogP contribution in [0.3, 0.4) is 0 Å². The van der Waals surface area contributed by atoms with Gasteiger partial charge in [-0.2, -0.15) is 0 Å². The number of hydrogen-bond donors (Lipinski definition) is 0. The topological polar surface area (TPSA) is 24.3 Å². The van der Waals surface area contributed by atoms with E-state index < -0.39 is 0 Å². The van der Waals surface area contributed by atoms with E-state index in [-0.39, 0.29) is 6.17 Å². The summed E-state index contributed by atoms with van der Waals surface area (Å²) >= 11 is 0. The highest BCUT2D eigenvalue weighted by Gasteiger charge is 2.36. The van der Waals surface area contributed by atoms with Crippen molar-refractivity contribution < 1.29 is 0 Å². The Bertz CT molecular complexity index is 823. The van der Waals surface area contributed by atoms with E-state index in [1.807, 2.05) is 12.1 Å². The smallest absolute Gasteiger partial charge is 0.231 e. The van der Waals surface area contributed by atoms with Crippen LogP contribution < -0.4 is 9.91 Å². The van der Waals surface area contributed by atoms with E-state index in [0.29, 0.717) is 0 Å². The van der Waals surface area contributed by atoms with Crippen LogP contribution in [0, 0.1) is 6.92 Å². The van der Waals surface area contributed by atoms with Crippen molar-refractivity contribution in [1.29, 1.82) is 0 Å². The van der Waals surface area contributed by atoms with Gasteiger partial charge >= 0.3 is 0 Å². The van der Waals surface area contributed by atoms with Gasteiger partial charge in [0.15, 0.2) is 0 Å². The Hall–Kier alpha value is -2.75. The minimum Gasteiger partial charge on any atom is -0.290 e. The summed E-state index contributed by atoms with van der Waals surface area (Å²) in [7, 11) is 2.12. The molecule has 1 unspecified atom stereocenters. The maximum atomic E-state index is 4.87. The number of imidazole rings is 1. The number of rotatable bonds is 2. The quantitative estimate of drug-likeness (QED) is 0.717. The molecular weight excluding hydrogens is 284 g/mol. The van der Waals surface area contributed by atoms with E-state index >= 15 is 0 Å². The summed E-state index contributed by atoms with van der Waals surface area (Å²) in [5.74, 6) is 0.975. The molecule has 2 aromatic carbocycles. The van der Waals surface area contributed by atoms with Gasteiger partial charge in [-0.25, -0.2) is 9.66 Å². The molecule has 0 fully saturated rings. The maximum absolute atomic E-state index is 4.87. The van der Waals surface area contributed by atoms with Gasteiger partial charge in [-0.05, 0) is 26.0 Å². The van der Waals surface area contributed by atoms with Crippen molar-refractivity contribution in [2.24, 2.45) is 0 Å². The summed E-state index contributed by atoms with van der Waals surface area (Å²) in [6.45, 7) is 4.28. The molecule has 4 rings (SSSR count). The standard InChI is InChI=1S/C19H20N4/c1-14-18(16-10-6-4-7-11-16)23-19(20-14)22(15(2)21(23)3)17-12-8-5-9-13-17/h4-13,15H,1-3H3.